The predicted molar refractivity (Wildman–Crippen MR) is 128 cm³/mol. The molecule has 0 unspecified atom stereocenters. The number of benzene rings is 1. The Kier molecular flexibility index (Phi) is 5.31. The van der Waals surface area contributed by atoms with Crippen molar-refractivity contribution in [1.82, 2.24) is 29.8 Å². The van der Waals surface area contributed by atoms with E-state index in [0.29, 0.717) is 22.7 Å². The van der Waals surface area contributed by atoms with Crippen molar-refractivity contribution in [3.63, 3.8) is 0 Å². The average molecular weight is 464 g/mol. The SMILES string of the molecule is Cc1nc2c(F)cc(-c3nc(Nc4ccc5c(n4)CCN[C@@H]5C)ncc3F)cc2n1C(C)(C)C. The van der Waals surface area contributed by atoms with Gasteiger partial charge < -0.3 is 15.2 Å². The molecule has 3 aromatic heterocycles. The first kappa shape index (κ1) is 22.3. The maximum atomic E-state index is 15.0. The van der Waals surface area contributed by atoms with Gasteiger partial charge in [-0.2, -0.15) is 0 Å². The first-order chi connectivity index (χ1) is 16.1. The molecule has 0 fully saturated rings. The molecule has 0 saturated carbocycles. The van der Waals surface area contributed by atoms with E-state index < -0.39 is 11.6 Å². The summed E-state index contributed by atoms with van der Waals surface area (Å²) < 4.78 is 31.8. The highest BCUT2D eigenvalue weighted by Gasteiger charge is 2.23. The monoisotopic (exact) mass is 463 g/mol. The summed E-state index contributed by atoms with van der Waals surface area (Å²) in [7, 11) is 0. The minimum absolute atomic E-state index is 0.00777. The van der Waals surface area contributed by atoms with Gasteiger partial charge in [-0.1, -0.05) is 6.07 Å². The quantitative estimate of drug-likeness (QED) is 0.436. The molecule has 4 aromatic rings. The summed E-state index contributed by atoms with van der Waals surface area (Å²) in [5.74, 6) is 0.290. The molecule has 1 atom stereocenters. The summed E-state index contributed by atoms with van der Waals surface area (Å²) in [6, 6.07) is 7.11. The first-order valence-corrected chi connectivity index (χ1v) is 11.3. The van der Waals surface area contributed by atoms with E-state index in [9.17, 15) is 4.39 Å². The number of hydrogen-bond acceptors (Lipinski definition) is 6. The Morgan fingerprint density at radius 3 is 2.65 bits per heavy atom. The van der Waals surface area contributed by atoms with Crippen LogP contribution in [0.2, 0.25) is 0 Å². The topological polar surface area (TPSA) is 80.6 Å². The van der Waals surface area contributed by atoms with Crippen molar-refractivity contribution >= 4 is 22.8 Å². The fourth-order valence-electron chi connectivity index (χ4n) is 4.67. The van der Waals surface area contributed by atoms with Crippen LogP contribution < -0.4 is 10.6 Å². The maximum absolute atomic E-state index is 15.0. The van der Waals surface area contributed by atoms with Crippen LogP contribution >= 0.6 is 0 Å². The fourth-order valence-corrected chi connectivity index (χ4v) is 4.67. The van der Waals surface area contributed by atoms with E-state index in [1.54, 1.807) is 6.07 Å². The third-order valence-electron chi connectivity index (χ3n) is 6.10. The molecule has 1 aliphatic heterocycles. The molecule has 0 spiro atoms. The van der Waals surface area contributed by atoms with Crippen molar-refractivity contribution in [2.75, 3.05) is 11.9 Å². The Balaban J connectivity index is 1.55. The molecule has 176 valence electrons. The Morgan fingerprint density at radius 1 is 1.09 bits per heavy atom. The molecule has 2 N–H and O–H groups in total. The molecule has 1 aromatic carbocycles. The van der Waals surface area contributed by atoms with Crippen LogP contribution in [-0.2, 0) is 12.0 Å². The Labute approximate surface area is 196 Å². The number of halogens is 2. The molecule has 5 rings (SSSR count). The number of aryl methyl sites for hydroxylation is 1. The summed E-state index contributed by atoms with van der Waals surface area (Å²) in [6.45, 7) is 10.8. The molecular weight excluding hydrogens is 436 g/mol. The summed E-state index contributed by atoms with van der Waals surface area (Å²) in [6.07, 6.45) is 1.91. The van der Waals surface area contributed by atoms with Gasteiger partial charge in [-0.05, 0) is 58.4 Å². The Hall–Kier alpha value is -3.46. The van der Waals surface area contributed by atoms with Crippen molar-refractivity contribution < 1.29 is 8.78 Å². The van der Waals surface area contributed by atoms with E-state index in [1.165, 1.54) is 6.07 Å². The molecule has 0 bridgehead atoms. The predicted octanol–water partition coefficient (Wildman–Crippen LogP) is 5.18. The standard InChI is InChI=1S/C25H27F2N7/c1-13-16-6-7-21(31-19(16)8-9-28-13)32-24-29-12-18(27)22(33-24)15-10-17(26)23-20(11-15)34(14(2)30-23)25(3,4)5/h6-7,10-13,28H,8-9H2,1-5H3,(H,29,31,32,33)/t13-/m1/s1. The zero-order valence-electron chi connectivity index (χ0n) is 19.9. The van der Waals surface area contributed by atoms with E-state index in [0.717, 1.165) is 30.4 Å². The Morgan fingerprint density at radius 2 is 1.88 bits per heavy atom. The largest absolute Gasteiger partial charge is 0.323 e. The van der Waals surface area contributed by atoms with Gasteiger partial charge in [0.15, 0.2) is 11.6 Å². The second-order valence-electron chi connectivity index (χ2n) is 9.66. The van der Waals surface area contributed by atoms with Gasteiger partial charge in [-0.15, -0.1) is 0 Å². The zero-order valence-corrected chi connectivity index (χ0v) is 19.9. The zero-order chi connectivity index (χ0) is 24.2. The number of anilines is 2. The van der Waals surface area contributed by atoms with Crippen LogP contribution in [0.1, 0.15) is 50.8 Å². The second-order valence-corrected chi connectivity index (χ2v) is 9.66. The van der Waals surface area contributed by atoms with Gasteiger partial charge in [0.25, 0.3) is 0 Å². The fraction of sp³-hybridized carbons (Fsp3) is 0.360. The number of imidazole rings is 1. The van der Waals surface area contributed by atoms with Gasteiger partial charge in [-0.25, -0.2) is 28.7 Å². The van der Waals surface area contributed by atoms with Gasteiger partial charge in [0, 0.05) is 35.8 Å². The number of nitrogens with one attached hydrogen (secondary N) is 2. The highest BCUT2D eigenvalue weighted by molar-refractivity contribution is 5.83. The highest BCUT2D eigenvalue weighted by Crippen LogP contribution is 2.32. The van der Waals surface area contributed by atoms with Crippen LogP contribution in [-0.4, -0.2) is 31.0 Å². The minimum Gasteiger partial charge on any atom is -0.323 e. The molecule has 4 heterocycles. The molecule has 0 saturated heterocycles. The van der Waals surface area contributed by atoms with Crippen molar-refractivity contribution in [3.05, 3.63) is 59.2 Å². The molecule has 0 aliphatic carbocycles. The van der Waals surface area contributed by atoms with Crippen molar-refractivity contribution in [2.24, 2.45) is 0 Å². The van der Waals surface area contributed by atoms with Crippen LogP contribution in [0.15, 0.2) is 30.5 Å². The third-order valence-corrected chi connectivity index (χ3v) is 6.10. The van der Waals surface area contributed by atoms with Crippen molar-refractivity contribution in [1.29, 1.82) is 0 Å². The second kappa shape index (κ2) is 8.09. The summed E-state index contributed by atoms with van der Waals surface area (Å²) >= 11 is 0. The van der Waals surface area contributed by atoms with E-state index in [1.807, 2.05) is 44.4 Å². The van der Waals surface area contributed by atoms with Gasteiger partial charge in [-0.3, -0.25) is 0 Å². The number of fused-ring (bicyclic) bond motifs is 2. The first-order valence-electron chi connectivity index (χ1n) is 11.3. The number of aromatic nitrogens is 5. The van der Waals surface area contributed by atoms with Crippen LogP contribution in [0.4, 0.5) is 20.5 Å². The van der Waals surface area contributed by atoms with Gasteiger partial charge in [0.2, 0.25) is 5.95 Å². The lowest BCUT2D eigenvalue weighted by Gasteiger charge is -2.24. The number of hydrogen-bond donors (Lipinski definition) is 2. The molecule has 1 aliphatic rings. The molecular formula is C25H27F2N7. The van der Waals surface area contributed by atoms with Crippen LogP contribution in [0, 0.1) is 18.6 Å². The van der Waals surface area contributed by atoms with Crippen molar-refractivity contribution in [3.8, 4) is 11.3 Å². The lowest BCUT2D eigenvalue weighted by molar-refractivity contribution is 0.399. The van der Waals surface area contributed by atoms with Crippen LogP contribution in [0.5, 0.6) is 0 Å². The molecule has 34 heavy (non-hydrogen) atoms. The van der Waals surface area contributed by atoms with E-state index in [2.05, 4.69) is 37.5 Å². The normalized spacial score (nSPS) is 16.0. The van der Waals surface area contributed by atoms with E-state index in [4.69, 9.17) is 0 Å². The minimum atomic E-state index is -0.638. The summed E-state index contributed by atoms with van der Waals surface area (Å²) in [5, 5.41) is 6.47. The number of rotatable bonds is 3. The van der Waals surface area contributed by atoms with Gasteiger partial charge in [0.05, 0.1) is 11.7 Å². The highest BCUT2D eigenvalue weighted by atomic mass is 19.1. The van der Waals surface area contributed by atoms with Crippen LogP contribution in [0.25, 0.3) is 22.3 Å². The lowest BCUT2D eigenvalue weighted by atomic mass is 10.0. The molecule has 0 radical (unpaired) electrons. The number of pyridine rings is 1. The van der Waals surface area contributed by atoms with E-state index in [-0.39, 0.29) is 28.7 Å². The molecule has 0 amide bonds. The average Bonchev–Trinajstić information content (AvgIpc) is 3.12. The third kappa shape index (κ3) is 3.90. The van der Waals surface area contributed by atoms with Gasteiger partial charge in [0.1, 0.15) is 22.9 Å². The van der Waals surface area contributed by atoms with Crippen LogP contribution in [0.3, 0.4) is 0 Å². The summed E-state index contributed by atoms with van der Waals surface area (Å²) in [4.78, 5) is 17.5. The number of nitrogens with zero attached hydrogens (tertiary/aromatic N) is 5. The summed E-state index contributed by atoms with van der Waals surface area (Å²) in [5.41, 5.74) is 3.01. The molecule has 9 heteroatoms. The Bertz CT molecular complexity index is 1400. The lowest BCUT2D eigenvalue weighted by Crippen LogP contribution is -2.28. The van der Waals surface area contributed by atoms with Gasteiger partial charge >= 0.3 is 0 Å². The smallest absolute Gasteiger partial charge is 0.229 e. The van der Waals surface area contributed by atoms with E-state index >= 15 is 4.39 Å². The molecule has 7 nitrogen and oxygen atoms in total. The maximum Gasteiger partial charge on any atom is 0.229 e. The van der Waals surface area contributed by atoms with Crippen molar-refractivity contribution in [2.45, 2.75) is 52.6 Å².